The highest BCUT2D eigenvalue weighted by atomic mass is 32.2. The van der Waals surface area contributed by atoms with Crippen molar-refractivity contribution in [2.24, 2.45) is 0 Å². The minimum Gasteiger partial charge on any atom is -0.320 e. The molecule has 1 amide bonds. The molecule has 1 fully saturated rings. The minimum absolute atomic E-state index is 0.126. The Morgan fingerprint density at radius 3 is 2.55 bits per heavy atom. The summed E-state index contributed by atoms with van der Waals surface area (Å²) >= 11 is 1.15. The van der Waals surface area contributed by atoms with Gasteiger partial charge in [-0.1, -0.05) is 29.0 Å². The van der Waals surface area contributed by atoms with Crippen molar-refractivity contribution in [3.8, 4) is 0 Å². The largest absolute Gasteiger partial charge is 0.320 e. The molecule has 10 heteroatoms. The Morgan fingerprint density at radius 1 is 1.13 bits per heavy atom. The van der Waals surface area contributed by atoms with Gasteiger partial charge in [0.25, 0.3) is 5.91 Å². The van der Waals surface area contributed by atoms with Gasteiger partial charge in [0.2, 0.25) is 15.0 Å². The lowest BCUT2D eigenvalue weighted by atomic mass is 10.0. The third kappa shape index (κ3) is 4.81. The topological polar surface area (TPSA) is 92.3 Å². The van der Waals surface area contributed by atoms with Gasteiger partial charge in [0.15, 0.2) is 0 Å². The van der Waals surface area contributed by atoms with E-state index in [0.29, 0.717) is 30.2 Å². The lowest BCUT2D eigenvalue weighted by Gasteiger charge is -2.30. The van der Waals surface area contributed by atoms with E-state index in [2.05, 4.69) is 15.5 Å². The second kappa shape index (κ2) is 8.81. The molecule has 0 unspecified atom stereocenters. The molecule has 1 aromatic heterocycles. The highest BCUT2D eigenvalue weighted by Crippen LogP contribution is 2.32. The molecule has 2 aromatic carbocycles. The molecule has 4 rings (SSSR count). The number of carbonyl (C=O) groups excluding carboxylic acids is 1. The first kappa shape index (κ1) is 21.5. The van der Waals surface area contributed by atoms with Crippen molar-refractivity contribution in [3.63, 3.8) is 0 Å². The second-order valence-electron chi connectivity index (χ2n) is 7.42. The molecule has 1 aliphatic heterocycles. The van der Waals surface area contributed by atoms with Crippen LogP contribution in [0.25, 0.3) is 0 Å². The van der Waals surface area contributed by atoms with Gasteiger partial charge in [0.05, 0.1) is 4.90 Å². The summed E-state index contributed by atoms with van der Waals surface area (Å²) in [6.07, 6.45) is 1.47. The van der Waals surface area contributed by atoms with E-state index in [1.807, 2.05) is 6.92 Å². The lowest BCUT2D eigenvalue weighted by Crippen LogP contribution is -2.39. The zero-order chi connectivity index (χ0) is 22.0. The summed E-state index contributed by atoms with van der Waals surface area (Å²) in [6.45, 7) is 2.65. The van der Waals surface area contributed by atoms with Crippen LogP contribution in [0.1, 0.15) is 39.1 Å². The van der Waals surface area contributed by atoms with Gasteiger partial charge in [0, 0.05) is 24.7 Å². The average Bonchev–Trinajstić information content (AvgIpc) is 3.26. The maximum Gasteiger partial charge on any atom is 0.286 e. The van der Waals surface area contributed by atoms with Crippen molar-refractivity contribution in [1.29, 1.82) is 0 Å². The standard InChI is InChI=1S/C21H21FN4O3S2/c1-14-4-10-18(11-5-14)31(28,29)26-12-2-3-15(13-26)20-24-25-21(30-20)19(27)23-17-8-6-16(22)7-9-17/h4-11,15H,2-3,12-13H2,1H3,(H,23,27)/t15-/m1/s1. The van der Waals surface area contributed by atoms with Crippen LogP contribution in [0.2, 0.25) is 0 Å². The van der Waals surface area contributed by atoms with E-state index in [9.17, 15) is 17.6 Å². The second-order valence-corrected chi connectivity index (χ2v) is 10.4. The summed E-state index contributed by atoms with van der Waals surface area (Å²) < 4.78 is 40.5. The zero-order valence-corrected chi connectivity index (χ0v) is 18.4. The van der Waals surface area contributed by atoms with Gasteiger partial charge in [-0.3, -0.25) is 4.79 Å². The number of aryl methyl sites for hydroxylation is 1. The Bertz CT molecular complexity index is 1180. The number of rotatable bonds is 5. The molecule has 7 nitrogen and oxygen atoms in total. The number of anilines is 1. The number of sulfonamides is 1. The van der Waals surface area contributed by atoms with Gasteiger partial charge in [-0.25, -0.2) is 12.8 Å². The van der Waals surface area contributed by atoms with Gasteiger partial charge in [-0.05, 0) is 56.2 Å². The Balaban J connectivity index is 1.46. The van der Waals surface area contributed by atoms with Crippen LogP contribution in [0.4, 0.5) is 10.1 Å². The Kier molecular flexibility index (Phi) is 6.12. The number of piperidine rings is 1. The Morgan fingerprint density at radius 2 is 1.84 bits per heavy atom. The molecule has 3 aromatic rings. The first-order valence-corrected chi connectivity index (χ1v) is 12.1. The summed E-state index contributed by atoms with van der Waals surface area (Å²) in [6, 6.07) is 12.2. The number of carbonyl (C=O) groups is 1. The van der Waals surface area contributed by atoms with E-state index >= 15 is 0 Å². The molecular weight excluding hydrogens is 439 g/mol. The highest BCUT2D eigenvalue weighted by Gasteiger charge is 2.32. The number of nitrogens with zero attached hydrogens (tertiary/aromatic N) is 3. The quantitative estimate of drug-likeness (QED) is 0.625. The van der Waals surface area contributed by atoms with Crippen LogP contribution in [-0.4, -0.2) is 41.9 Å². The minimum atomic E-state index is -3.59. The van der Waals surface area contributed by atoms with E-state index in [0.717, 1.165) is 23.3 Å². The maximum atomic E-state index is 13.0. The fourth-order valence-electron chi connectivity index (χ4n) is 3.43. The van der Waals surface area contributed by atoms with Crippen LogP contribution < -0.4 is 5.32 Å². The molecule has 162 valence electrons. The van der Waals surface area contributed by atoms with Crippen LogP contribution in [0.3, 0.4) is 0 Å². The van der Waals surface area contributed by atoms with Crippen molar-refractivity contribution in [1.82, 2.24) is 14.5 Å². The molecule has 1 aliphatic rings. The molecule has 1 N–H and O–H groups in total. The van der Waals surface area contributed by atoms with Crippen LogP contribution in [0, 0.1) is 12.7 Å². The number of amides is 1. The van der Waals surface area contributed by atoms with Crippen LogP contribution in [0.5, 0.6) is 0 Å². The number of nitrogens with one attached hydrogen (secondary N) is 1. The number of benzene rings is 2. The van der Waals surface area contributed by atoms with Crippen molar-refractivity contribution < 1.29 is 17.6 Å². The molecule has 0 radical (unpaired) electrons. The Hall–Kier alpha value is -2.69. The van der Waals surface area contributed by atoms with E-state index in [4.69, 9.17) is 0 Å². The van der Waals surface area contributed by atoms with Crippen LogP contribution in [0.15, 0.2) is 53.4 Å². The summed E-state index contributed by atoms with van der Waals surface area (Å²) in [5, 5.41) is 11.6. The number of hydrogen-bond donors (Lipinski definition) is 1. The summed E-state index contributed by atoms with van der Waals surface area (Å²) in [7, 11) is -3.59. The van der Waals surface area contributed by atoms with Crippen LogP contribution >= 0.6 is 11.3 Å². The molecule has 0 spiro atoms. The normalized spacial score (nSPS) is 17.4. The van der Waals surface area contributed by atoms with Crippen molar-refractivity contribution >= 4 is 33.0 Å². The summed E-state index contributed by atoms with van der Waals surface area (Å²) in [4.78, 5) is 12.7. The molecule has 1 saturated heterocycles. The average molecular weight is 461 g/mol. The molecule has 1 atom stereocenters. The predicted molar refractivity (Wildman–Crippen MR) is 116 cm³/mol. The smallest absolute Gasteiger partial charge is 0.286 e. The number of aromatic nitrogens is 2. The van der Waals surface area contributed by atoms with Gasteiger partial charge in [-0.2, -0.15) is 4.31 Å². The van der Waals surface area contributed by atoms with Crippen molar-refractivity contribution in [2.75, 3.05) is 18.4 Å². The fourth-order valence-corrected chi connectivity index (χ4v) is 5.82. The predicted octanol–water partition coefficient (Wildman–Crippen LogP) is 3.81. The maximum absolute atomic E-state index is 13.0. The lowest BCUT2D eigenvalue weighted by molar-refractivity contribution is 0.102. The van der Waals surface area contributed by atoms with Gasteiger partial charge >= 0.3 is 0 Å². The van der Waals surface area contributed by atoms with E-state index in [-0.39, 0.29) is 15.8 Å². The fraction of sp³-hybridized carbons (Fsp3) is 0.286. The molecular formula is C21H21FN4O3S2. The summed E-state index contributed by atoms with van der Waals surface area (Å²) in [5.74, 6) is -0.951. The van der Waals surface area contributed by atoms with E-state index in [1.54, 1.807) is 24.3 Å². The van der Waals surface area contributed by atoms with Gasteiger partial charge in [-0.15, -0.1) is 10.2 Å². The molecule has 0 aliphatic carbocycles. The zero-order valence-electron chi connectivity index (χ0n) is 16.8. The third-order valence-electron chi connectivity index (χ3n) is 5.13. The van der Waals surface area contributed by atoms with Gasteiger partial charge in [0.1, 0.15) is 10.8 Å². The summed E-state index contributed by atoms with van der Waals surface area (Å²) in [5.41, 5.74) is 1.45. The SMILES string of the molecule is Cc1ccc(S(=O)(=O)N2CCC[C@@H](c3nnc(C(=O)Nc4ccc(F)cc4)s3)C2)cc1. The monoisotopic (exact) mass is 460 g/mol. The van der Waals surface area contributed by atoms with E-state index in [1.165, 1.54) is 28.6 Å². The van der Waals surface area contributed by atoms with Crippen molar-refractivity contribution in [3.05, 3.63) is 69.9 Å². The van der Waals surface area contributed by atoms with Gasteiger partial charge < -0.3 is 5.32 Å². The molecule has 0 bridgehead atoms. The third-order valence-corrected chi connectivity index (χ3v) is 8.09. The molecule has 31 heavy (non-hydrogen) atoms. The molecule has 2 heterocycles. The first-order chi connectivity index (χ1) is 14.8. The highest BCUT2D eigenvalue weighted by molar-refractivity contribution is 7.89. The number of halogens is 1. The Labute approximate surface area is 184 Å². The van der Waals surface area contributed by atoms with Crippen molar-refractivity contribution in [2.45, 2.75) is 30.6 Å². The first-order valence-electron chi connectivity index (χ1n) is 9.80. The number of hydrogen-bond acceptors (Lipinski definition) is 6. The van der Waals surface area contributed by atoms with Crippen LogP contribution in [-0.2, 0) is 10.0 Å². The molecule has 0 saturated carbocycles. The van der Waals surface area contributed by atoms with E-state index < -0.39 is 21.7 Å².